The fourth-order valence-corrected chi connectivity index (χ4v) is 2.71. The first kappa shape index (κ1) is 17.5. The van der Waals surface area contributed by atoms with Gasteiger partial charge in [0, 0.05) is 50.3 Å². The van der Waals surface area contributed by atoms with Crippen LogP contribution in [0.4, 0.5) is 4.79 Å². The van der Waals surface area contributed by atoms with E-state index in [0.717, 1.165) is 39.1 Å². The molecule has 7 nitrogen and oxygen atoms in total. The van der Waals surface area contributed by atoms with Crippen LogP contribution in [-0.2, 0) is 11.2 Å². The van der Waals surface area contributed by atoms with Gasteiger partial charge in [-0.3, -0.25) is 4.79 Å². The van der Waals surface area contributed by atoms with Crippen LogP contribution in [0.2, 0.25) is 0 Å². The number of aromatic nitrogens is 2. The second kappa shape index (κ2) is 8.67. The molecule has 1 fully saturated rings. The van der Waals surface area contributed by atoms with Gasteiger partial charge in [0.1, 0.15) is 5.82 Å². The summed E-state index contributed by atoms with van der Waals surface area (Å²) >= 11 is 0. The van der Waals surface area contributed by atoms with Crippen LogP contribution < -0.4 is 10.9 Å². The van der Waals surface area contributed by atoms with Gasteiger partial charge in [-0.2, -0.15) is 0 Å². The number of likely N-dealkylation sites (tertiary alicyclic amines) is 1. The number of rotatable bonds is 7. The lowest BCUT2D eigenvalue weighted by molar-refractivity contribution is 0.102. The number of urea groups is 1. The number of hydrogen-bond donors (Lipinski definition) is 2. The monoisotopic (exact) mass is 322 g/mol. The van der Waals surface area contributed by atoms with Crippen LogP contribution in [0.1, 0.15) is 31.3 Å². The first-order valence-corrected chi connectivity index (χ1v) is 8.26. The first-order valence-electron chi connectivity index (χ1n) is 8.26. The summed E-state index contributed by atoms with van der Waals surface area (Å²) in [5, 5.41) is 2.88. The zero-order valence-corrected chi connectivity index (χ0v) is 13.9. The summed E-state index contributed by atoms with van der Waals surface area (Å²) in [4.78, 5) is 32.2. The maximum absolute atomic E-state index is 12.1. The van der Waals surface area contributed by atoms with Gasteiger partial charge in [-0.05, 0) is 19.8 Å². The molecule has 7 heteroatoms. The van der Waals surface area contributed by atoms with Crippen LogP contribution >= 0.6 is 0 Å². The maximum Gasteiger partial charge on any atom is 0.317 e. The number of nitrogens with zero attached hydrogens (tertiary/aromatic N) is 2. The van der Waals surface area contributed by atoms with Crippen LogP contribution in [0, 0.1) is 12.8 Å². The molecule has 2 rings (SSSR count). The molecule has 1 aromatic rings. The molecule has 128 valence electrons. The van der Waals surface area contributed by atoms with Crippen molar-refractivity contribution < 1.29 is 9.53 Å². The summed E-state index contributed by atoms with van der Waals surface area (Å²) in [5.41, 5.74) is 0.526. The topological polar surface area (TPSA) is 87.3 Å². The highest BCUT2D eigenvalue weighted by Gasteiger charge is 2.25. The number of ether oxygens (including phenoxy) is 1. The Labute approximate surface area is 136 Å². The van der Waals surface area contributed by atoms with Crippen LogP contribution in [-0.4, -0.2) is 53.7 Å². The lowest BCUT2D eigenvalue weighted by Gasteiger charge is -2.17. The second-order valence-corrected chi connectivity index (χ2v) is 5.99. The number of amides is 2. The van der Waals surface area contributed by atoms with Crippen LogP contribution in [0.3, 0.4) is 0 Å². The summed E-state index contributed by atoms with van der Waals surface area (Å²) < 4.78 is 5.56. The van der Waals surface area contributed by atoms with Crippen molar-refractivity contribution in [2.45, 2.75) is 33.1 Å². The average Bonchev–Trinajstić information content (AvgIpc) is 2.95. The van der Waals surface area contributed by atoms with E-state index in [1.54, 1.807) is 6.92 Å². The largest absolute Gasteiger partial charge is 0.381 e. The molecule has 0 bridgehead atoms. The van der Waals surface area contributed by atoms with Gasteiger partial charge in [-0.25, -0.2) is 9.78 Å². The van der Waals surface area contributed by atoms with E-state index in [0.29, 0.717) is 30.4 Å². The molecule has 2 N–H and O–H groups in total. The number of carbonyl (C=O) groups excluding carboxylic acids is 1. The summed E-state index contributed by atoms with van der Waals surface area (Å²) in [6.07, 6.45) is 2.52. The Bertz CT molecular complexity index is 573. The Morgan fingerprint density at radius 2 is 2.39 bits per heavy atom. The molecule has 1 aliphatic heterocycles. The van der Waals surface area contributed by atoms with Gasteiger partial charge in [0.05, 0.1) is 6.61 Å². The summed E-state index contributed by atoms with van der Waals surface area (Å²) in [7, 11) is 0. The fraction of sp³-hybridized carbons (Fsp3) is 0.688. The molecule has 0 spiro atoms. The minimum atomic E-state index is -0.159. The Hall–Kier alpha value is -1.89. The van der Waals surface area contributed by atoms with Crippen LogP contribution in [0.15, 0.2) is 10.9 Å². The molecule has 1 saturated heterocycles. The maximum atomic E-state index is 12.1. The number of aromatic amines is 1. The number of nitrogens with one attached hydrogen (secondary N) is 2. The molecular weight excluding hydrogens is 296 g/mol. The Balaban J connectivity index is 1.70. The van der Waals surface area contributed by atoms with Gasteiger partial charge < -0.3 is 19.9 Å². The molecule has 0 radical (unpaired) electrons. The van der Waals surface area contributed by atoms with E-state index < -0.39 is 0 Å². The van der Waals surface area contributed by atoms with E-state index in [4.69, 9.17) is 4.74 Å². The SMILES string of the molecule is CCCOCC1CCN(C(=O)NCCc2nc(C)cc(=O)[nH]2)C1. The molecule has 23 heavy (non-hydrogen) atoms. The van der Waals surface area contributed by atoms with E-state index in [9.17, 15) is 9.59 Å². The number of H-pyrrole nitrogens is 1. The van der Waals surface area contributed by atoms with Crippen molar-refractivity contribution in [1.29, 1.82) is 0 Å². The molecule has 2 heterocycles. The van der Waals surface area contributed by atoms with E-state index in [-0.39, 0.29) is 11.6 Å². The molecule has 2 amide bonds. The normalized spacial score (nSPS) is 17.5. The summed E-state index contributed by atoms with van der Waals surface area (Å²) in [6.45, 7) is 7.35. The molecule has 1 aliphatic rings. The van der Waals surface area contributed by atoms with E-state index >= 15 is 0 Å². The van der Waals surface area contributed by atoms with Crippen molar-refractivity contribution in [3.05, 3.63) is 27.9 Å². The minimum absolute atomic E-state index is 0.0574. The third kappa shape index (κ3) is 5.67. The predicted molar refractivity (Wildman–Crippen MR) is 87.5 cm³/mol. The number of hydrogen-bond acceptors (Lipinski definition) is 4. The van der Waals surface area contributed by atoms with Crippen molar-refractivity contribution in [3.63, 3.8) is 0 Å². The van der Waals surface area contributed by atoms with E-state index in [1.165, 1.54) is 6.07 Å². The minimum Gasteiger partial charge on any atom is -0.381 e. The van der Waals surface area contributed by atoms with Crippen molar-refractivity contribution >= 4 is 6.03 Å². The molecular formula is C16H26N4O3. The standard InChI is InChI=1S/C16H26N4O3/c1-3-8-23-11-13-5-7-20(10-13)16(22)17-6-4-14-18-12(2)9-15(21)19-14/h9,13H,3-8,10-11H2,1-2H3,(H,17,22)(H,18,19,21). The lowest BCUT2D eigenvalue weighted by Crippen LogP contribution is -2.39. The van der Waals surface area contributed by atoms with E-state index in [2.05, 4.69) is 22.2 Å². The third-order valence-corrected chi connectivity index (χ3v) is 3.83. The second-order valence-electron chi connectivity index (χ2n) is 5.99. The quantitative estimate of drug-likeness (QED) is 0.735. The molecule has 0 aliphatic carbocycles. The summed E-state index contributed by atoms with van der Waals surface area (Å²) in [6, 6.07) is 1.39. The van der Waals surface area contributed by atoms with Gasteiger partial charge in [0.2, 0.25) is 0 Å². The molecule has 0 aromatic carbocycles. The third-order valence-electron chi connectivity index (χ3n) is 3.83. The van der Waals surface area contributed by atoms with Gasteiger partial charge in [0.15, 0.2) is 0 Å². The van der Waals surface area contributed by atoms with Gasteiger partial charge in [-0.15, -0.1) is 0 Å². The van der Waals surface area contributed by atoms with Crippen LogP contribution in [0.25, 0.3) is 0 Å². The summed E-state index contributed by atoms with van der Waals surface area (Å²) in [5.74, 6) is 1.03. The molecule has 1 aromatic heterocycles. The Morgan fingerprint density at radius 1 is 1.57 bits per heavy atom. The predicted octanol–water partition coefficient (Wildman–Crippen LogP) is 1.08. The average molecular weight is 322 g/mol. The highest BCUT2D eigenvalue weighted by atomic mass is 16.5. The van der Waals surface area contributed by atoms with E-state index in [1.807, 2.05) is 4.90 Å². The lowest BCUT2D eigenvalue weighted by atomic mass is 10.1. The molecule has 1 atom stereocenters. The molecule has 0 saturated carbocycles. The Morgan fingerprint density at radius 3 is 3.13 bits per heavy atom. The van der Waals surface area contributed by atoms with Crippen molar-refractivity contribution in [1.82, 2.24) is 20.2 Å². The highest BCUT2D eigenvalue weighted by molar-refractivity contribution is 5.74. The smallest absolute Gasteiger partial charge is 0.317 e. The van der Waals surface area contributed by atoms with Crippen molar-refractivity contribution in [2.75, 3.05) is 32.8 Å². The molecule has 1 unspecified atom stereocenters. The Kier molecular flexibility index (Phi) is 6.58. The van der Waals surface area contributed by atoms with Gasteiger partial charge in [0.25, 0.3) is 5.56 Å². The zero-order valence-electron chi connectivity index (χ0n) is 13.9. The van der Waals surface area contributed by atoms with Crippen LogP contribution in [0.5, 0.6) is 0 Å². The van der Waals surface area contributed by atoms with Crippen molar-refractivity contribution in [3.8, 4) is 0 Å². The van der Waals surface area contributed by atoms with Gasteiger partial charge >= 0.3 is 6.03 Å². The highest BCUT2D eigenvalue weighted by Crippen LogP contribution is 2.16. The van der Waals surface area contributed by atoms with Crippen molar-refractivity contribution in [2.24, 2.45) is 5.92 Å². The first-order chi connectivity index (χ1) is 11.1. The fourth-order valence-electron chi connectivity index (χ4n) is 2.71. The van der Waals surface area contributed by atoms with Gasteiger partial charge in [-0.1, -0.05) is 6.92 Å². The zero-order chi connectivity index (χ0) is 16.7. The number of carbonyl (C=O) groups is 1. The number of aryl methyl sites for hydroxylation is 1.